The summed E-state index contributed by atoms with van der Waals surface area (Å²) < 4.78 is 2.59. The lowest BCUT2D eigenvalue weighted by molar-refractivity contribution is 1.29. The lowest BCUT2D eigenvalue weighted by Gasteiger charge is -2.26. The predicted octanol–water partition coefficient (Wildman–Crippen LogP) is 14.8. The van der Waals surface area contributed by atoms with Gasteiger partial charge in [0.25, 0.3) is 0 Å². The van der Waals surface area contributed by atoms with Gasteiger partial charge in [0.05, 0.1) is 22.4 Å². The van der Waals surface area contributed by atoms with E-state index in [1.807, 2.05) is 23.5 Å². The normalized spacial score (nSPS) is 11.6. The first-order valence-electron chi connectivity index (χ1n) is 18.9. The van der Waals surface area contributed by atoms with Gasteiger partial charge in [-0.25, -0.2) is 9.97 Å². The van der Waals surface area contributed by atoms with Crippen LogP contribution in [0, 0.1) is 0 Å². The summed E-state index contributed by atoms with van der Waals surface area (Å²) in [6.07, 6.45) is 0. The molecule has 2 heterocycles. The summed E-state index contributed by atoms with van der Waals surface area (Å²) in [6.45, 7) is 0. The standard InChI is InChI=1S/C52H33N3S/c1-4-12-34(13-5-1)35-22-25-40(26-23-35)55(42-28-31-48-45(33-42)44-18-10-11-19-47(44)56-48)41-27-29-43-39(32-41)21-20-36-24-30-46-52(49(36)43)54-51(38-16-8-3-9-17-38)50(53-46)37-14-6-2-7-15-37/h1-33H. The predicted molar refractivity (Wildman–Crippen MR) is 238 cm³/mol. The van der Waals surface area contributed by atoms with Crippen molar-refractivity contribution in [1.82, 2.24) is 9.97 Å². The van der Waals surface area contributed by atoms with Gasteiger partial charge in [-0.05, 0) is 81.9 Å². The molecule has 0 spiro atoms. The van der Waals surface area contributed by atoms with E-state index in [2.05, 4.69) is 193 Å². The molecule has 11 rings (SSSR count). The van der Waals surface area contributed by atoms with E-state index in [0.29, 0.717) is 0 Å². The molecule has 2 aromatic heterocycles. The zero-order chi connectivity index (χ0) is 37.0. The average molecular weight is 732 g/mol. The van der Waals surface area contributed by atoms with Crippen molar-refractivity contribution in [1.29, 1.82) is 0 Å². The minimum atomic E-state index is 0.879. The molecular formula is C52H33N3S. The van der Waals surface area contributed by atoms with Gasteiger partial charge < -0.3 is 4.90 Å². The van der Waals surface area contributed by atoms with Crippen LogP contribution in [0.2, 0.25) is 0 Å². The molecule has 0 radical (unpaired) electrons. The second kappa shape index (κ2) is 13.3. The molecule has 262 valence electrons. The molecule has 0 aliphatic carbocycles. The third kappa shape index (κ3) is 5.50. The van der Waals surface area contributed by atoms with Gasteiger partial charge in [0.2, 0.25) is 0 Å². The van der Waals surface area contributed by atoms with Crippen molar-refractivity contribution in [2.75, 3.05) is 4.90 Å². The van der Waals surface area contributed by atoms with Gasteiger partial charge in [0.15, 0.2) is 0 Å². The molecule has 3 nitrogen and oxygen atoms in total. The molecule has 0 saturated carbocycles. The highest BCUT2D eigenvalue weighted by Gasteiger charge is 2.19. The topological polar surface area (TPSA) is 29.0 Å². The number of hydrogen-bond acceptors (Lipinski definition) is 4. The number of hydrogen-bond donors (Lipinski definition) is 0. The highest BCUT2D eigenvalue weighted by atomic mass is 32.1. The Bertz CT molecular complexity index is 3230. The zero-order valence-corrected chi connectivity index (χ0v) is 31.1. The van der Waals surface area contributed by atoms with Gasteiger partial charge in [0.1, 0.15) is 0 Å². The van der Waals surface area contributed by atoms with Crippen molar-refractivity contribution in [3.63, 3.8) is 0 Å². The first-order chi connectivity index (χ1) is 27.7. The Morgan fingerprint density at radius 2 is 0.911 bits per heavy atom. The minimum Gasteiger partial charge on any atom is -0.310 e. The maximum absolute atomic E-state index is 5.46. The van der Waals surface area contributed by atoms with E-state index in [1.54, 1.807) is 0 Å². The molecule has 0 saturated heterocycles. The van der Waals surface area contributed by atoms with E-state index in [0.717, 1.165) is 72.2 Å². The molecular weight excluding hydrogens is 699 g/mol. The van der Waals surface area contributed by atoms with Crippen LogP contribution in [0.1, 0.15) is 0 Å². The van der Waals surface area contributed by atoms with Gasteiger partial charge >= 0.3 is 0 Å². The molecule has 0 bridgehead atoms. The fourth-order valence-corrected chi connectivity index (χ4v) is 9.21. The van der Waals surface area contributed by atoms with Crippen molar-refractivity contribution in [2.24, 2.45) is 0 Å². The summed E-state index contributed by atoms with van der Waals surface area (Å²) >= 11 is 1.85. The summed E-state index contributed by atoms with van der Waals surface area (Å²) in [5.41, 5.74) is 11.3. The number of aromatic nitrogens is 2. The smallest absolute Gasteiger partial charge is 0.0979 e. The Morgan fingerprint density at radius 3 is 1.66 bits per heavy atom. The van der Waals surface area contributed by atoms with E-state index in [-0.39, 0.29) is 0 Å². The fourth-order valence-electron chi connectivity index (χ4n) is 8.12. The molecule has 9 aromatic carbocycles. The number of benzene rings is 9. The van der Waals surface area contributed by atoms with Crippen molar-refractivity contribution < 1.29 is 0 Å². The molecule has 0 aliphatic rings. The summed E-state index contributed by atoms with van der Waals surface area (Å²) in [5.74, 6) is 0. The van der Waals surface area contributed by atoms with E-state index in [4.69, 9.17) is 9.97 Å². The molecule has 0 N–H and O–H groups in total. The molecule has 11 aromatic rings. The molecule has 0 amide bonds. The maximum atomic E-state index is 5.46. The lowest BCUT2D eigenvalue weighted by Crippen LogP contribution is -2.09. The number of fused-ring (bicyclic) bond motifs is 8. The van der Waals surface area contributed by atoms with Crippen molar-refractivity contribution in [3.8, 4) is 33.6 Å². The zero-order valence-electron chi connectivity index (χ0n) is 30.3. The van der Waals surface area contributed by atoms with Gasteiger partial charge in [0, 0.05) is 53.7 Å². The largest absolute Gasteiger partial charge is 0.310 e. The van der Waals surface area contributed by atoms with Crippen LogP contribution in [-0.4, -0.2) is 9.97 Å². The van der Waals surface area contributed by atoms with Gasteiger partial charge in [-0.1, -0.05) is 146 Å². The lowest BCUT2D eigenvalue weighted by atomic mass is 9.98. The van der Waals surface area contributed by atoms with E-state index in [9.17, 15) is 0 Å². The van der Waals surface area contributed by atoms with Crippen LogP contribution < -0.4 is 4.90 Å². The summed E-state index contributed by atoms with van der Waals surface area (Å²) in [7, 11) is 0. The van der Waals surface area contributed by atoms with Crippen LogP contribution in [0.5, 0.6) is 0 Å². The summed E-state index contributed by atoms with van der Waals surface area (Å²) in [4.78, 5) is 13.1. The van der Waals surface area contributed by atoms with Crippen molar-refractivity contribution in [2.45, 2.75) is 0 Å². The first-order valence-corrected chi connectivity index (χ1v) is 19.7. The van der Waals surface area contributed by atoms with Crippen LogP contribution in [0.3, 0.4) is 0 Å². The van der Waals surface area contributed by atoms with Crippen LogP contribution in [0.15, 0.2) is 200 Å². The average Bonchev–Trinajstić information content (AvgIpc) is 3.65. The molecule has 56 heavy (non-hydrogen) atoms. The van der Waals surface area contributed by atoms with Gasteiger partial charge in [-0.3, -0.25) is 0 Å². The molecule has 0 fully saturated rings. The molecule has 0 atom stereocenters. The van der Waals surface area contributed by atoms with Crippen LogP contribution in [0.4, 0.5) is 17.1 Å². The quantitative estimate of drug-likeness (QED) is 0.159. The number of nitrogens with zero attached hydrogens (tertiary/aromatic N) is 3. The Hall–Kier alpha value is -7.14. The summed E-state index contributed by atoms with van der Waals surface area (Å²) in [5, 5.41) is 7.11. The van der Waals surface area contributed by atoms with Crippen molar-refractivity contribution in [3.05, 3.63) is 200 Å². The molecule has 0 unspecified atom stereocenters. The second-order valence-corrected chi connectivity index (χ2v) is 15.3. The van der Waals surface area contributed by atoms with Crippen LogP contribution in [-0.2, 0) is 0 Å². The maximum Gasteiger partial charge on any atom is 0.0979 e. The van der Waals surface area contributed by atoms with Gasteiger partial charge in [-0.2, -0.15) is 0 Å². The van der Waals surface area contributed by atoms with E-state index >= 15 is 0 Å². The third-order valence-corrected chi connectivity index (χ3v) is 12.0. The SMILES string of the molecule is c1ccc(-c2ccc(N(c3ccc4c(ccc5ccc6nc(-c7ccccc7)c(-c7ccccc7)nc6c54)c3)c3ccc4sc5ccccc5c4c3)cc2)cc1. The van der Waals surface area contributed by atoms with Gasteiger partial charge in [-0.15, -0.1) is 11.3 Å². The molecule has 4 heteroatoms. The van der Waals surface area contributed by atoms with Crippen LogP contribution in [0.25, 0.3) is 86.4 Å². The first kappa shape index (κ1) is 32.3. The Morgan fingerprint density at radius 1 is 0.357 bits per heavy atom. The number of anilines is 3. The fraction of sp³-hybridized carbons (Fsp3) is 0. The summed E-state index contributed by atoms with van der Waals surface area (Å²) in [6, 6.07) is 71.5. The van der Waals surface area contributed by atoms with E-state index < -0.39 is 0 Å². The van der Waals surface area contributed by atoms with E-state index in [1.165, 1.54) is 31.3 Å². The highest BCUT2D eigenvalue weighted by Crippen LogP contribution is 2.43. The van der Waals surface area contributed by atoms with Crippen molar-refractivity contribution >= 4 is 81.1 Å². The Labute approximate surface area is 328 Å². The minimum absolute atomic E-state index is 0.879. The van der Waals surface area contributed by atoms with Crippen LogP contribution >= 0.6 is 11.3 Å². The third-order valence-electron chi connectivity index (χ3n) is 10.8. The Kier molecular flexibility index (Phi) is 7.68. The second-order valence-electron chi connectivity index (χ2n) is 14.2. The number of thiophene rings is 1. The molecule has 0 aliphatic heterocycles. The number of rotatable bonds is 6. The highest BCUT2D eigenvalue weighted by molar-refractivity contribution is 7.25. The monoisotopic (exact) mass is 731 g/mol. The Balaban J connectivity index is 1.11.